The van der Waals surface area contributed by atoms with Gasteiger partial charge >= 0.3 is 0 Å². The third kappa shape index (κ3) is 4.56. The molecule has 2 aromatic rings. The molecule has 0 amide bonds. The van der Waals surface area contributed by atoms with Crippen LogP contribution >= 0.6 is 0 Å². The molecule has 0 aliphatic rings. The lowest BCUT2D eigenvalue weighted by atomic mass is 10.2. The zero-order valence-electron chi connectivity index (χ0n) is 12.8. The van der Waals surface area contributed by atoms with Crippen molar-refractivity contribution in [3.05, 3.63) is 6.33 Å². The van der Waals surface area contributed by atoms with Crippen LogP contribution in [0.2, 0.25) is 0 Å². The molecule has 7 heteroatoms. The van der Waals surface area contributed by atoms with Crippen LogP contribution < -0.4 is 10.6 Å². The van der Waals surface area contributed by atoms with E-state index >= 15 is 0 Å². The Hall–Kier alpha value is -1.89. The van der Waals surface area contributed by atoms with Gasteiger partial charge in [-0.25, -0.2) is 4.98 Å². The van der Waals surface area contributed by atoms with Gasteiger partial charge in [-0.3, -0.25) is 0 Å². The van der Waals surface area contributed by atoms with Crippen molar-refractivity contribution in [1.29, 1.82) is 0 Å². The molecule has 0 fully saturated rings. The minimum atomic E-state index is 0.623. The molecule has 0 atom stereocenters. The quantitative estimate of drug-likeness (QED) is 0.583. The molecule has 0 radical (unpaired) electrons. The van der Waals surface area contributed by atoms with Gasteiger partial charge < -0.3 is 20.4 Å². The van der Waals surface area contributed by atoms with E-state index in [2.05, 4.69) is 37.5 Å². The van der Waals surface area contributed by atoms with Crippen LogP contribution in [-0.2, 0) is 4.74 Å². The SMILES string of the molecule is CCCNc1nc(NCCCCCOC)c2[nH]cnc2n1. The second kappa shape index (κ2) is 8.41. The van der Waals surface area contributed by atoms with Gasteiger partial charge in [0.25, 0.3) is 0 Å². The van der Waals surface area contributed by atoms with Crippen molar-refractivity contribution >= 4 is 22.9 Å². The summed E-state index contributed by atoms with van der Waals surface area (Å²) >= 11 is 0. The van der Waals surface area contributed by atoms with Crippen molar-refractivity contribution in [2.24, 2.45) is 0 Å². The molecule has 21 heavy (non-hydrogen) atoms. The molecular formula is C14H24N6O. The summed E-state index contributed by atoms with van der Waals surface area (Å²) in [6.07, 6.45) is 5.99. The molecule has 0 saturated carbocycles. The number of aromatic amines is 1. The molecule has 116 valence electrons. The summed E-state index contributed by atoms with van der Waals surface area (Å²) in [6.45, 7) is 4.66. The van der Waals surface area contributed by atoms with E-state index in [1.54, 1.807) is 13.4 Å². The highest BCUT2D eigenvalue weighted by Gasteiger charge is 2.09. The summed E-state index contributed by atoms with van der Waals surface area (Å²) in [5, 5.41) is 6.57. The number of rotatable bonds is 10. The van der Waals surface area contributed by atoms with Crippen molar-refractivity contribution in [2.45, 2.75) is 32.6 Å². The fourth-order valence-electron chi connectivity index (χ4n) is 2.03. The second-order valence-electron chi connectivity index (χ2n) is 4.90. The van der Waals surface area contributed by atoms with Crippen molar-refractivity contribution in [1.82, 2.24) is 19.9 Å². The van der Waals surface area contributed by atoms with Crippen LogP contribution in [0.3, 0.4) is 0 Å². The third-order valence-electron chi connectivity index (χ3n) is 3.14. The maximum absolute atomic E-state index is 5.04. The van der Waals surface area contributed by atoms with Crippen LogP contribution in [0.15, 0.2) is 6.33 Å². The van der Waals surface area contributed by atoms with Crippen molar-refractivity contribution in [3.63, 3.8) is 0 Å². The fraction of sp³-hybridized carbons (Fsp3) is 0.643. The van der Waals surface area contributed by atoms with E-state index in [1.807, 2.05) is 0 Å². The lowest BCUT2D eigenvalue weighted by Crippen LogP contribution is -2.09. The normalized spacial score (nSPS) is 11.0. The fourth-order valence-corrected chi connectivity index (χ4v) is 2.03. The van der Waals surface area contributed by atoms with E-state index in [-0.39, 0.29) is 0 Å². The highest BCUT2D eigenvalue weighted by atomic mass is 16.5. The maximum atomic E-state index is 5.04. The Morgan fingerprint density at radius 3 is 2.86 bits per heavy atom. The standard InChI is InChI=1S/C14H24N6O/c1-3-7-16-14-19-12(11-13(20-14)18-10-17-11)15-8-5-4-6-9-21-2/h10H,3-9H2,1-2H3,(H3,15,16,17,18,19,20). The third-order valence-corrected chi connectivity index (χ3v) is 3.14. The Morgan fingerprint density at radius 2 is 2.05 bits per heavy atom. The van der Waals surface area contributed by atoms with E-state index in [4.69, 9.17) is 4.74 Å². The predicted molar refractivity (Wildman–Crippen MR) is 84.7 cm³/mol. The number of unbranched alkanes of at least 4 members (excludes halogenated alkanes) is 2. The van der Waals surface area contributed by atoms with Crippen molar-refractivity contribution in [2.75, 3.05) is 37.4 Å². The first-order valence-corrected chi connectivity index (χ1v) is 7.53. The molecule has 0 aliphatic carbocycles. The zero-order chi connectivity index (χ0) is 14.9. The van der Waals surface area contributed by atoms with Crippen molar-refractivity contribution < 1.29 is 4.74 Å². The van der Waals surface area contributed by atoms with Crippen LogP contribution in [-0.4, -0.2) is 46.7 Å². The van der Waals surface area contributed by atoms with Gasteiger partial charge in [0.05, 0.1) is 6.33 Å². The van der Waals surface area contributed by atoms with Crippen LogP contribution in [0, 0.1) is 0 Å². The van der Waals surface area contributed by atoms with Gasteiger partial charge in [-0.15, -0.1) is 0 Å². The van der Waals surface area contributed by atoms with Crippen molar-refractivity contribution in [3.8, 4) is 0 Å². The Morgan fingerprint density at radius 1 is 1.14 bits per heavy atom. The van der Waals surface area contributed by atoms with E-state index in [9.17, 15) is 0 Å². The molecule has 2 rings (SSSR count). The maximum Gasteiger partial charge on any atom is 0.226 e. The van der Waals surface area contributed by atoms with Crippen LogP contribution in [0.25, 0.3) is 11.2 Å². The summed E-state index contributed by atoms with van der Waals surface area (Å²) in [6, 6.07) is 0. The number of H-pyrrole nitrogens is 1. The molecular weight excluding hydrogens is 268 g/mol. The first-order chi connectivity index (χ1) is 10.3. The Bertz CT molecular complexity index is 541. The first-order valence-electron chi connectivity index (χ1n) is 7.53. The smallest absolute Gasteiger partial charge is 0.226 e. The number of anilines is 2. The van der Waals surface area contributed by atoms with Gasteiger partial charge in [0.15, 0.2) is 11.5 Å². The highest BCUT2D eigenvalue weighted by molar-refractivity contribution is 5.83. The predicted octanol–water partition coefficient (Wildman–Crippen LogP) is 2.40. The van der Waals surface area contributed by atoms with Crippen LogP contribution in [0.5, 0.6) is 0 Å². The van der Waals surface area contributed by atoms with Gasteiger partial charge in [-0.2, -0.15) is 9.97 Å². The van der Waals surface area contributed by atoms with E-state index in [0.29, 0.717) is 11.6 Å². The van der Waals surface area contributed by atoms with Gasteiger partial charge in [-0.05, 0) is 25.7 Å². The monoisotopic (exact) mass is 292 g/mol. The molecule has 0 unspecified atom stereocenters. The second-order valence-corrected chi connectivity index (χ2v) is 4.90. The summed E-state index contributed by atoms with van der Waals surface area (Å²) in [5.41, 5.74) is 1.54. The zero-order valence-corrected chi connectivity index (χ0v) is 12.8. The Labute approximate surface area is 124 Å². The Kier molecular flexibility index (Phi) is 6.21. The topological polar surface area (TPSA) is 87.8 Å². The van der Waals surface area contributed by atoms with E-state index in [0.717, 1.165) is 56.7 Å². The average molecular weight is 292 g/mol. The van der Waals surface area contributed by atoms with Gasteiger partial charge in [-0.1, -0.05) is 6.92 Å². The molecule has 3 N–H and O–H groups in total. The first kappa shape index (κ1) is 15.5. The number of aromatic nitrogens is 4. The number of fused-ring (bicyclic) bond motifs is 1. The lowest BCUT2D eigenvalue weighted by Gasteiger charge is -2.09. The molecule has 2 heterocycles. The number of hydrogen-bond donors (Lipinski definition) is 3. The number of hydrogen-bond acceptors (Lipinski definition) is 6. The van der Waals surface area contributed by atoms with Gasteiger partial charge in [0.2, 0.25) is 5.95 Å². The molecule has 2 aromatic heterocycles. The molecule has 0 spiro atoms. The molecule has 0 saturated heterocycles. The molecule has 0 aromatic carbocycles. The van der Waals surface area contributed by atoms with E-state index in [1.165, 1.54) is 0 Å². The number of methoxy groups -OCH3 is 1. The highest BCUT2D eigenvalue weighted by Crippen LogP contribution is 2.18. The largest absolute Gasteiger partial charge is 0.385 e. The number of ether oxygens (including phenoxy) is 1. The minimum Gasteiger partial charge on any atom is -0.385 e. The van der Waals surface area contributed by atoms with Gasteiger partial charge in [0.1, 0.15) is 5.52 Å². The summed E-state index contributed by atoms with van der Waals surface area (Å²) < 4.78 is 5.04. The minimum absolute atomic E-state index is 0.623. The molecule has 0 bridgehead atoms. The summed E-state index contributed by atoms with van der Waals surface area (Å²) in [5.74, 6) is 1.43. The van der Waals surface area contributed by atoms with Gasteiger partial charge in [0, 0.05) is 26.8 Å². The van der Waals surface area contributed by atoms with Crippen LogP contribution in [0.4, 0.5) is 11.8 Å². The number of nitrogens with one attached hydrogen (secondary N) is 3. The Balaban J connectivity index is 1.95. The molecule has 0 aliphatic heterocycles. The average Bonchev–Trinajstić information content (AvgIpc) is 2.97. The molecule has 7 nitrogen and oxygen atoms in total. The lowest BCUT2D eigenvalue weighted by molar-refractivity contribution is 0.192. The summed E-state index contributed by atoms with van der Waals surface area (Å²) in [7, 11) is 1.74. The summed E-state index contributed by atoms with van der Waals surface area (Å²) in [4.78, 5) is 16.2. The number of nitrogens with zero attached hydrogens (tertiary/aromatic N) is 3. The number of imidazole rings is 1. The van der Waals surface area contributed by atoms with Crippen LogP contribution in [0.1, 0.15) is 32.6 Å². The van der Waals surface area contributed by atoms with E-state index < -0.39 is 0 Å².